The third-order valence-corrected chi connectivity index (χ3v) is 3.68. The fraction of sp³-hybridized carbons (Fsp3) is 0.200. The van der Waals surface area contributed by atoms with E-state index < -0.39 is 0 Å². The Morgan fingerprint density at radius 2 is 1.78 bits per heavy atom. The van der Waals surface area contributed by atoms with Crippen LogP contribution >= 0.6 is 0 Å². The monoisotopic (exact) mass is 304 g/mol. The lowest BCUT2D eigenvalue weighted by atomic mass is 10.0. The van der Waals surface area contributed by atoms with Gasteiger partial charge in [-0.1, -0.05) is 42.0 Å². The van der Waals surface area contributed by atoms with Crippen LogP contribution in [0, 0.1) is 6.92 Å². The second kappa shape index (κ2) is 6.21. The summed E-state index contributed by atoms with van der Waals surface area (Å²) in [4.78, 5) is 17.4. The number of amides is 1. The van der Waals surface area contributed by atoms with Crippen LogP contribution in [0.3, 0.4) is 0 Å². The molecule has 0 spiro atoms. The minimum absolute atomic E-state index is 0.0827. The molecule has 3 heteroatoms. The summed E-state index contributed by atoms with van der Waals surface area (Å²) in [7, 11) is 0. The SMILES string of the molecule is Cc1ccc2nc(-c3ccccc3)c(C(=O)NC(C)C)cc2c1. The van der Waals surface area contributed by atoms with Crippen LogP contribution in [-0.2, 0) is 0 Å². The van der Waals surface area contributed by atoms with Gasteiger partial charge in [-0.3, -0.25) is 4.79 Å². The first kappa shape index (κ1) is 15.2. The van der Waals surface area contributed by atoms with E-state index in [0.29, 0.717) is 5.56 Å². The molecule has 0 atom stereocenters. The van der Waals surface area contributed by atoms with Crippen LogP contribution in [0.15, 0.2) is 54.6 Å². The molecule has 116 valence electrons. The number of fused-ring (bicyclic) bond motifs is 1. The maximum absolute atomic E-state index is 12.6. The molecule has 0 aliphatic carbocycles. The van der Waals surface area contributed by atoms with Crippen molar-refractivity contribution in [3.8, 4) is 11.3 Å². The van der Waals surface area contributed by atoms with Crippen LogP contribution in [0.4, 0.5) is 0 Å². The molecule has 0 saturated carbocycles. The first-order valence-corrected chi connectivity index (χ1v) is 7.82. The van der Waals surface area contributed by atoms with Crippen molar-refractivity contribution in [2.75, 3.05) is 0 Å². The standard InChI is InChI=1S/C20H20N2O/c1-13(2)21-20(23)17-12-16-11-14(3)9-10-18(16)22-19(17)15-7-5-4-6-8-15/h4-13H,1-3H3,(H,21,23). The third-order valence-electron chi connectivity index (χ3n) is 3.68. The molecule has 23 heavy (non-hydrogen) atoms. The van der Waals surface area contributed by atoms with Crippen molar-refractivity contribution in [3.63, 3.8) is 0 Å². The van der Waals surface area contributed by atoms with Gasteiger partial charge in [-0.2, -0.15) is 0 Å². The van der Waals surface area contributed by atoms with Gasteiger partial charge in [-0.15, -0.1) is 0 Å². The van der Waals surface area contributed by atoms with E-state index in [1.807, 2.05) is 69.3 Å². The zero-order valence-corrected chi connectivity index (χ0v) is 13.6. The Balaban J connectivity index is 2.22. The van der Waals surface area contributed by atoms with Gasteiger partial charge >= 0.3 is 0 Å². The van der Waals surface area contributed by atoms with E-state index in [0.717, 1.165) is 27.7 Å². The summed E-state index contributed by atoms with van der Waals surface area (Å²) in [6.07, 6.45) is 0. The fourth-order valence-corrected chi connectivity index (χ4v) is 2.63. The van der Waals surface area contributed by atoms with Crippen molar-refractivity contribution in [2.24, 2.45) is 0 Å². The molecule has 3 nitrogen and oxygen atoms in total. The number of hydrogen-bond donors (Lipinski definition) is 1. The van der Waals surface area contributed by atoms with Gasteiger partial charge in [0.05, 0.1) is 16.8 Å². The number of nitrogens with one attached hydrogen (secondary N) is 1. The first-order chi connectivity index (χ1) is 11.0. The lowest BCUT2D eigenvalue weighted by molar-refractivity contribution is 0.0943. The van der Waals surface area contributed by atoms with E-state index in [1.165, 1.54) is 0 Å². The summed E-state index contributed by atoms with van der Waals surface area (Å²) in [5.41, 5.74) is 4.34. The molecule has 3 aromatic rings. The predicted molar refractivity (Wildman–Crippen MR) is 94.5 cm³/mol. The first-order valence-electron chi connectivity index (χ1n) is 7.82. The number of nitrogens with zero attached hydrogens (tertiary/aromatic N) is 1. The summed E-state index contributed by atoms with van der Waals surface area (Å²) < 4.78 is 0. The van der Waals surface area contributed by atoms with E-state index in [-0.39, 0.29) is 11.9 Å². The molecular formula is C20H20N2O. The Kier molecular flexibility index (Phi) is 4.11. The number of rotatable bonds is 3. The Morgan fingerprint density at radius 1 is 1.04 bits per heavy atom. The van der Waals surface area contributed by atoms with Crippen LogP contribution in [0.25, 0.3) is 22.2 Å². The van der Waals surface area contributed by atoms with Gasteiger partial charge < -0.3 is 5.32 Å². The summed E-state index contributed by atoms with van der Waals surface area (Å²) in [5, 5.41) is 3.95. The molecule has 1 aromatic heterocycles. The second-order valence-electron chi connectivity index (χ2n) is 6.07. The van der Waals surface area contributed by atoms with Gasteiger partial charge in [0, 0.05) is 17.0 Å². The molecule has 1 heterocycles. The Morgan fingerprint density at radius 3 is 2.48 bits per heavy atom. The molecule has 0 aliphatic rings. The van der Waals surface area contributed by atoms with E-state index in [2.05, 4.69) is 11.4 Å². The molecule has 0 saturated heterocycles. The molecule has 0 radical (unpaired) electrons. The van der Waals surface area contributed by atoms with Gasteiger partial charge in [0.1, 0.15) is 0 Å². The Labute approximate surface area is 136 Å². The van der Waals surface area contributed by atoms with Gasteiger partial charge in [0.15, 0.2) is 0 Å². The van der Waals surface area contributed by atoms with Crippen LogP contribution < -0.4 is 5.32 Å². The number of carbonyl (C=O) groups excluding carboxylic acids is 1. The summed E-state index contributed by atoms with van der Waals surface area (Å²) in [6, 6.07) is 18.0. The van der Waals surface area contributed by atoms with Gasteiger partial charge in [0.25, 0.3) is 5.91 Å². The average molecular weight is 304 g/mol. The van der Waals surface area contributed by atoms with Crippen molar-refractivity contribution in [1.29, 1.82) is 0 Å². The zero-order valence-electron chi connectivity index (χ0n) is 13.6. The van der Waals surface area contributed by atoms with Crippen molar-refractivity contribution in [1.82, 2.24) is 10.3 Å². The maximum Gasteiger partial charge on any atom is 0.253 e. The number of carbonyl (C=O) groups is 1. The highest BCUT2D eigenvalue weighted by Gasteiger charge is 2.16. The van der Waals surface area contributed by atoms with Crippen molar-refractivity contribution in [3.05, 3.63) is 65.7 Å². The lowest BCUT2D eigenvalue weighted by Gasteiger charge is -2.13. The van der Waals surface area contributed by atoms with Gasteiger partial charge in [0.2, 0.25) is 0 Å². The minimum Gasteiger partial charge on any atom is -0.350 e. The fourth-order valence-electron chi connectivity index (χ4n) is 2.63. The number of aryl methyl sites for hydroxylation is 1. The Hall–Kier alpha value is -2.68. The van der Waals surface area contributed by atoms with Crippen LogP contribution in [0.1, 0.15) is 29.8 Å². The van der Waals surface area contributed by atoms with Gasteiger partial charge in [-0.05, 0) is 39.0 Å². The highest BCUT2D eigenvalue weighted by Crippen LogP contribution is 2.26. The molecule has 0 fully saturated rings. The van der Waals surface area contributed by atoms with Crippen molar-refractivity contribution >= 4 is 16.8 Å². The van der Waals surface area contributed by atoms with E-state index in [9.17, 15) is 4.79 Å². The van der Waals surface area contributed by atoms with Crippen LogP contribution in [0.2, 0.25) is 0 Å². The van der Waals surface area contributed by atoms with E-state index >= 15 is 0 Å². The molecular weight excluding hydrogens is 284 g/mol. The maximum atomic E-state index is 12.6. The molecule has 2 aromatic carbocycles. The van der Waals surface area contributed by atoms with Crippen molar-refractivity contribution < 1.29 is 4.79 Å². The van der Waals surface area contributed by atoms with Crippen LogP contribution in [-0.4, -0.2) is 16.9 Å². The number of aromatic nitrogens is 1. The highest BCUT2D eigenvalue weighted by molar-refractivity contribution is 6.03. The minimum atomic E-state index is -0.0882. The average Bonchev–Trinajstić information content (AvgIpc) is 2.53. The summed E-state index contributed by atoms with van der Waals surface area (Å²) >= 11 is 0. The summed E-state index contributed by atoms with van der Waals surface area (Å²) in [5.74, 6) is -0.0882. The smallest absolute Gasteiger partial charge is 0.253 e. The molecule has 3 rings (SSSR count). The number of pyridine rings is 1. The molecule has 0 aliphatic heterocycles. The number of hydrogen-bond acceptors (Lipinski definition) is 2. The Bertz CT molecular complexity index is 854. The topological polar surface area (TPSA) is 42.0 Å². The highest BCUT2D eigenvalue weighted by atomic mass is 16.1. The molecule has 0 bridgehead atoms. The molecule has 0 unspecified atom stereocenters. The predicted octanol–water partition coefficient (Wildman–Crippen LogP) is 4.35. The molecule has 1 amide bonds. The summed E-state index contributed by atoms with van der Waals surface area (Å²) in [6.45, 7) is 5.95. The normalized spacial score (nSPS) is 11.0. The lowest BCUT2D eigenvalue weighted by Crippen LogP contribution is -2.30. The van der Waals surface area contributed by atoms with Gasteiger partial charge in [-0.25, -0.2) is 4.98 Å². The largest absolute Gasteiger partial charge is 0.350 e. The second-order valence-corrected chi connectivity index (χ2v) is 6.07. The van der Waals surface area contributed by atoms with Crippen LogP contribution in [0.5, 0.6) is 0 Å². The molecule has 1 N–H and O–H groups in total. The quantitative estimate of drug-likeness (QED) is 0.781. The third kappa shape index (κ3) is 3.24. The zero-order chi connectivity index (χ0) is 16.4. The van der Waals surface area contributed by atoms with Crippen molar-refractivity contribution in [2.45, 2.75) is 26.8 Å². The van der Waals surface area contributed by atoms with E-state index in [1.54, 1.807) is 0 Å². The number of benzene rings is 2. The van der Waals surface area contributed by atoms with E-state index in [4.69, 9.17) is 4.98 Å².